The average Bonchev–Trinajstić information content (AvgIpc) is 2.68. The molecule has 2 N–H and O–H groups in total. The zero-order valence-electron chi connectivity index (χ0n) is 9.88. The van der Waals surface area contributed by atoms with Gasteiger partial charge in [-0.3, -0.25) is 9.78 Å². The second-order valence-electron chi connectivity index (χ2n) is 3.77. The third-order valence-corrected chi connectivity index (χ3v) is 3.47. The van der Waals surface area contributed by atoms with Crippen LogP contribution in [0.5, 0.6) is 0 Å². The van der Waals surface area contributed by atoms with Gasteiger partial charge in [-0.1, -0.05) is 6.07 Å². The number of nitrogens with zero attached hydrogens (tertiary/aromatic N) is 2. The summed E-state index contributed by atoms with van der Waals surface area (Å²) in [4.78, 5) is 19.9. The third kappa shape index (κ3) is 3.27. The molecule has 6 heteroatoms. The van der Waals surface area contributed by atoms with Crippen LogP contribution in [0.4, 0.5) is 5.13 Å². The topological polar surface area (TPSA) is 75.1 Å². The van der Waals surface area contributed by atoms with Gasteiger partial charge in [-0.15, -0.1) is 11.3 Å². The maximum Gasteiger partial charge on any atom is 0.308 e. The van der Waals surface area contributed by atoms with E-state index in [1.54, 1.807) is 6.20 Å². The lowest BCUT2D eigenvalue weighted by atomic mass is 10.3. The van der Waals surface area contributed by atoms with Crippen LogP contribution in [0.15, 0.2) is 24.4 Å². The summed E-state index contributed by atoms with van der Waals surface area (Å²) in [6, 6.07) is 5.71. The van der Waals surface area contributed by atoms with Crippen molar-refractivity contribution in [3.63, 3.8) is 0 Å². The molecule has 0 atom stereocenters. The van der Waals surface area contributed by atoms with E-state index in [4.69, 9.17) is 5.11 Å². The summed E-state index contributed by atoms with van der Waals surface area (Å²) in [6.07, 6.45) is 1.76. The molecule has 0 fully saturated rings. The Labute approximate surface area is 109 Å². The molecule has 0 aromatic carbocycles. The van der Waals surface area contributed by atoms with Gasteiger partial charge in [0.05, 0.1) is 24.4 Å². The monoisotopic (exact) mass is 263 g/mol. The number of rotatable bonds is 5. The van der Waals surface area contributed by atoms with Gasteiger partial charge >= 0.3 is 5.97 Å². The Morgan fingerprint density at radius 2 is 2.33 bits per heavy atom. The lowest BCUT2D eigenvalue weighted by molar-refractivity contribution is -0.136. The molecule has 2 aromatic heterocycles. The highest BCUT2D eigenvalue weighted by molar-refractivity contribution is 7.15. The molecule has 5 nitrogen and oxygen atoms in total. The predicted octanol–water partition coefficient (Wildman–Crippen LogP) is 2.09. The number of nitrogens with one attached hydrogen (secondary N) is 1. The number of hydrogen-bond acceptors (Lipinski definition) is 5. The van der Waals surface area contributed by atoms with Crippen molar-refractivity contribution < 1.29 is 9.90 Å². The predicted molar refractivity (Wildman–Crippen MR) is 69.8 cm³/mol. The van der Waals surface area contributed by atoms with Crippen LogP contribution in [0.3, 0.4) is 0 Å². The van der Waals surface area contributed by atoms with Crippen LogP contribution in [0.2, 0.25) is 0 Å². The second kappa shape index (κ2) is 5.59. The van der Waals surface area contributed by atoms with Crippen molar-refractivity contribution in [1.82, 2.24) is 9.97 Å². The normalized spacial score (nSPS) is 10.3. The lowest BCUT2D eigenvalue weighted by Gasteiger charge is -2.00. The van der Waals surface area contributed by atoms with E-state index in [1.165, 1.54) is 11.3 Å². The van der Waals surface area contributed by atoms with E-state index in [1.807, 2.05) is 25.1 Å². The van der Waals surface area contributed by atoms with Gasteiger partial charge in [0.25, 0.3) is 0 Å². The van der Waals surface area contributed by atoms with Gasteiger partial charge < -0.3 is 10.4 Å². The lowest BCUT2D eigenvalue weighted by Crippen LogP contribution is -2.00. The Hall–Kier alpha value is -1.95. The third-order valence-electron chi connectivity index (χ3n) is 2.35. The van der Waals surface area contributed by atoms with E-state index in [0.717, 1.165) is 21.4 Å². The largest absolute Gasteiger partial charge is 0.481 e. The van der Waals surface area contributed by atoms with Gasteiger partial charge in [0.1, 0.15) is 0 Å². The maximum absolute atomic E-state index is 10.7. The molecular weight excluding hydrogens is 250 g/mol. The highest BCUT2D eigenvalue weighted by atomic mass is 32.1. The van der Waals surface area contributed by atoms with Crippen LogP contribution in [0, 0.1) is 6.92 Å². The van der Waals surface area contributed by atoms with Crippen molar-refractivity contribution in [2.75, 3.05) is 5.32 Å². The molecule has 0 saturated carbocycles. The number of aryl methyl sites for hydroxylation is 1. The van der Waals surface area contributed by atoms with E-state index >= 15 is 0 Å². The summed E-state index contributed by atoms with van der Waals surface area (Å²) in [6.45, 7) is 2.40. The Balaban J connectivity index is 2.00. The number of carbonyl (C=O) groups is 1. The van der Waals surface area contributed by atoms with Crippen molar-refractivity contribution >= 4 is 22.4 Å². The van der Waals surface area contributed by atoms with Gasteiger partial charge in [-0.05, 0) is 19.1 Å². The average molecular weight is 263 g/mol. The fourth-order valence-corrected chi connectivity index (χ4v) is 2.42. The number of anilines is 1. The molecule has 2 heterocycles. The zero-order chi connectivity index (χ0) is 13.0. The van der Waals surface area contributed by atoms with Crippen LogP contribution in [-0.2, 0) is 17.8 Å². The van der Waals surface area contributed by atoms with Crippen LogP contribution in [0.25, 0.3) is 0 Å². The molecule has 0 unspecified atom stereocenters. The molecule has 0 spiro atoms. The van der Waals surface area contributed by atoms with Crippen molar-refractivity contribution in [2.24, 2.45) is 0 Å². The minimum Gasteiger partial charge on any atom is -0.481 e. The number of carboxylic acids is 1. The van der Waals surface area contributed by atoms with Crippen LogP contribution in [-0.4, -0.2) is 21.0 Å². The van der Waals surface area contributed by atoms with Crippen molar-refractivity contribution in [2.45, 2.75) is 19.9 Å². The Kier molecular flexibility index (Phi) is 3.88. The van der Waals surface area contributed by atoms with E-state index in [9.17, 15) is 4.79 Å². The number of pyridine rings is 1. The first kappa shape index (κ1) is 12.5. The summed E-state index contributed by atoms with van der Waals surface area (Å²) in [5, 5.41) is 12.6. The molecule has 2 aromatic rings. The Morgan fingerprint density at radius 1 is 1.50 bits per heavy atom. The van der Waals surface area contributed by atoms with Gasteiger partial charge in [0.2, 0.25) is 0 Å². The molecule has 0 saturated heterocycles. The molecular formula is C12H13N3O2S. The summed E-state index contributed by atoms with van der Waals surface area (Å²) in [7, 11) is 0. The molecule has 18 heavy (non-hydrogen) atoms. The number of aliphatic carboxylic acids is 1. The molecule has 0 aliphatic carbocycles. The molecule has 94 valence electrons. The molecule has 0 radical (unpaired) electrons. The van der Waals surface area contributed by atoms with Gasteiger partial charge in [0.15, 0.2) is 5.13 Å². The molecule has 0 aliphatic heterocycles. The van der Waals surface area contributed by atoms with Crippen molar-refractivity contribution in [1.29, 1.82) is 0 Å². The molecule has 0 aliphatic rings. The van der Waals surface area contributed by atoms with E-state index in [-0.39, 0.29) is 6.42 Å². The van der Waals surface area contributed by atoms with Gasteiger partial charge in [0, 0.05) is 11.1 Å². The number of hydrogen-bond donors (Lipinski definition) is 2. The first-order valence-electron chi connectivity index (χ1n) is 5.47. The molecule has 2 rings (SSSR count). The quantitative estimate of drug-likeness (QED) is 0.864. The van der Waals surface area contributed by atoms with Gasteiger partial charge in [-0.2, -0.15) is 0 Å². The van der Waals surface area contributed by atoms with Crippen LogP contribution in [0.1, 0.15) is 16.3 Å². The summed E-state index contributed by atoms with van der Waals surface area (Å²) in [5.41, 5.74) is 1.69. The Morgan fingerprint density at radius 3 is 3.00 bits per heavy atom. The first-order chi connectivity index (χ1) is 8.65. The summed E-state index contributed by atoms with van der Waals surface area (Å²) >= 11 is 1.38. The summed E-state index contributed by atoms with van der Waals surface area (Å²) < 4.78 is 0. The van der Waals surface area contributed by atoms with E-state index < -0.39 is 5.97 Å². The number of aromatic nitrogens is 2. The van der Waals surface area contributed by atoms with Crippen molar-refractivity contribution in [3.8, 4) is 0 Å². The van der Waals surface area contributed by atoms with E-state index in [0.29, 0.717) is 6.54 Å². The van der Waals surface area contributed by atoms with Gasteiger partial charge in [-0.25, -0.2) is 4.98 Å². The first-order valence-corrected chi connectivity index (χ1v) is 6.28. The molecule has 0 bridgehead atoms. The maximum atomic E-state index is 10.7. The number of carboxylic acid groups (broad SMARTS) is 1. The minimum absolute atomic E-state index is 0.0226. The Bertz CT molecular complexity index is 540. The molecule has 0 amide bonds. The van der Waals surface area contributed by atoms with Crippen molar-refractivity contribution in [3.05, 3.63) is 40.7 Å². The van der Waals surface area contributed by atoms with Crippen LogP contribution >= 0.6 is 11.3 Å². The van der Waals surface area contributed by atoms with E-state index in [2.05, 4.69) is 15.3 Å². The highest BCUT2D eigenvalue weighted by Crippen LogP contribution is 2.23. The fourth-order valence-electron chi connectivity index (χ4n) is 1.47. The highest BCUT2D eigenvalue weighted by Gasteiger charge is 2.10. The standard InChI is InChI=1S/C12H13N3O2S/c1-8-10(6-11(16)17)18-12(15-8)14-7-9-4-2-3-5-13-9/h2-5H,6-7H2,1H3,(H,14,15)(H,16,17). The minimum atomic E-state index is -0.835. The summed E-state index contributed by atoms with van der Waals surface area (Å²) in [5.74, 6) is -0.835. The van der Waals surface area contributed by atoms with Crippen LogP contribution < -0.4 is 5.32 Å². The number of thiazole rings is 1. The second-order valence-corrected chi connectivity index (χ2v) is 4.86. The fraction of sp³-hybridized carbons (Fsp3) is 0.250. The zero-order valence-corrected chi connectivity index (χ0v) is 10.7. The smallest absolute Gasteiger partial charge is 0.308 e. The SMILES string of the molecule is Cc1nc(NCc2ccccn2)sc1CC(=O)O.